The molecule has 0 aliphatic carbocycles. The highest BCUT2D eigenvalue weighted by molar-refractivity contribution is 5.88. The van der Waals surface area contributed by atoms with Crippen molar-refractivity contribution in [2.75, 3.05) is 31.2 Å². The lowest BCUT2D eigenvalue weighted by molar-refractivity contribution is 0.263. The van der Waals surface area contributed by atoms with Gasteiger partial charge in [0.25, 0.3) is 0 Å². The predicted octanol–water partition coefficient (Wildman–Crippen LogP) is 2.18. The van der Waals surface area contributed by atoms with Gasteiger partial charge >= 0.3 is 0 Å². The molecule has 1 aliphatic rings. The van der Waals surface area contributed by atoms with Crippen LogP contribution in [0.1, 0.15) is 12.8 Å². The Balaban J connectivity index is 1.65. The molecule has 1 fully saturated rings. The Bertz CT molecular complexity index is 873. The minimum absolute atomic E-state index is 0.370. The van der Waals surface area contributed by atoms with E-state index in [4.69, 9.17) is 5.73 Å². The first-order valence-corrected chi connectivity index (χ1v) is 8.49. The molecule has 4 rings (SSSR count). The number of aromatic nitrogens is 4. The van der Waals surface area contributed by atoms with Crippen molar-refractivity contribution in [3.8, 4) is 11.3 Å². The number of nitrogens with zero attached hydrogens (tertiary/aromatic N) is 5. The molecular weight excluding hydrogens is 314 g/mol. The summed E-state index contributed by atoms with van der Waals surface area (Å²) in [7, 11) is 2.14. The smallest absolute Gasteiger partial charge is 0.226 e. The zero-order chi connectivity index (χ0) is 17.2. The van der Waals surface area contributed by atoms with Gasteiger partial charge in [-0.15, -0.1) is 0 Å². The number of nitrogens with two attached hydrogens (primary N) is 1. The van der Waals surface area contributed by atoms with Crippen molar-refractivity contribution in [3.63, 3.8) is 0 Å². The van der Waals surface area contributed by atoms with Crippen LogP contribution in [-0.2, 0) is 0 Å². The molecule has 1 aliphatic heterocycles. The van der Waals surface area contributed by atoms with E-state index in [1.807, 2.05) is 24.3 Å². The van der Waals surface area contributed by atoms with Crippen LogP contribution >= 0.6 is 0 Å². The second-order valence-electron chi connectivity index (χ2n) is 6.46. The van der Waals surface area contributed by atoms with E-state index in [-0.39, 0.29) is 0 Å². The maximum Gasteiger partial charge on any atom is 0.226 e. The summed E-state index contributed by atoms with van der Waals surface area (Å²) in [6.07, 6.45) is 5.67. The fourth-order valence-electron chi connectivity index (χ4n) is 3.11. The van der Waals surface area contributed by atoms with Crippen molar-refractivity contribution >= 4 is 22.8 Å². The van der Waals surface area contributed by atoms with Crippen LogP contribution in [0.2, 0.25) is 0 Å². The molecular formula is C18H21N7. The van der Waals surface area contributed by atoms with Gasteiger partial charge in [0.05, 0.1) is 11.1 Å². The molecule has 0 spiro atoms. The number of pyridine rings is 2. The first kappa shape index (κ1) is 15.7. The van der Waals surface area contributed by atoms with Crippen molar-refractivity contribution in [1.82, 2.24) is 24.8 Å². The minimum atomic E-state index is 0.370. The van der Waals surface area contributed by atoms with E-state index >= 15 is 0 Å². The minimum Gasteiger partial charge on any atom is -0.383 e. The molecule has 0 atom stereocenters. The predicted molar refractivity (Wildman–Crippen MR) is 99.1 cm³/mol. The van der Waals surface area contributed by atoms with E-state index in [0.29, 0.717) is 23.5 Å². The fraction of sp³-hybridized carbons (Fsp3) is 0.333. The van der Waals surface area contributed by atoms with Gasteiger partial charge in [-0.05, 0) is 57.2 Å². The molecule has 128 valence electrons. The SMILES string of the molecule is CN1CCC(Nc2nc(N)c3ccc(-c4cccnc4)nc3n2)CC1. The second-order valence-corrected chi connectivity index (χ2v) is 6.46. The summed E-state index contributed by atoms with van der Waals surface area (Å²) < 4.78 is 0. The number of nitrogens with one attached hydrogen (secondary N) is 1. The first-order chi connectivity index (χ1) is 12.2. The quantitative estimate of drug-likeness (QED) is 0.757. The summed E-state index contributed by atoms with van der Waals surface area (Å²) in [5.74, 6) is 1.00. The molecule has 0 unspecified atom stereocenters. The van der Waals surface area contributed by atoms with Crippen LogP contribution in [0.5, 0.6) is 0 Å². The van der Waals surface area contributed by atoms with Crippen molar-refractivity contribution in [3.05, 3.63) is 36.7 Å². The van der Waals surface area contributed by atoms with E-state index in [2.05, 4.69) is 37.2 Å². The number of hydrogen-bond donors (Lipinski definition) is 2. The first-order valence-electron chi connectivity index (χ1n) is 8.49. The van der Waals surface area contributed by atoms with Crippen LogP contribution in [0.3, 0.4) is 0 Å². The molecule has 0 bridgehead atoms. The molecule has 4 heterocycles. The number of nitrogen functional groups attached to an aromatic ring is 1. The maximum atomic E-state index is 6.12. The Morgan fingerprint density at radius 3 is 2.72 bits per heavy atom. The summed E-state index contributed by atoms with van der Waals surface area (Å²) in [4.78, 5) is 20.1. The van der Waals surface area contributed by atoms with Crippen molar-refractivity contribution in [2.45, 2.75) is 18.9 Å². The van der Waals surface area contributed by atoms with E-state index < -0.39 is 0 Å². The Labute approximate surface area is 146 Å². The lowest BCUT2D eigenvalue weighted by atomic mass is 10.1. The zero-order valence-electron chi connectivity index (χ0n) is 14.2. The Morgan fingerprint density at radius 2 is 1.96 bits per heavy atom. The summed E-state index contributed by atoms with van der Waals surface area (Å²) in [6, 6.07) is 8.07. The normalized spacial score (nSPS) is 16.2. The van der Waals surface area contributed by atoms with Crippen molar-refractivity contribution < 1.29 is 0 Å². The van der Waals surface area contributed by atoms with Gasteiger partial charge in [0.15, 0.2) is 5.65 Å². The molecule has 1 saturated heterocycles. The van der Waals surface area contributed by atoms with Gasteiger partial charge in [-0.1, -0.05) is 0 Å². The number of anilines is 2. The molecule has 3 aromatic rings. The highest BCUT2D eigenvalue weighted by Gasteiger charge is 2.18. The van der Waals surface area contributed by atoms with Gasteiger partial charge in [-0.25, -0.2) is 4.98 Å². The molecule has 3 N–H and O–H groups in total. The van der Waals surface area contributed by atoms with Crippen LogP contribution in [0.15, 0.2) is 36.7 Å². The van der Waals surface area contributed by atoms with Crippen LogP contribution in [0.25, 0.3) is 22.3 Å². The summed E-state index contributed by atoms with van der Waals surface area (Å²) in [5, 5.41) is 4.18. The van der Waals surface area contributed by atoms with E-state index in [1.165, 1.54) is 0 Å². The highest BCUT2D eigenvalue weighted by Crippen LogP contribution is 2.24. The fourth-order valence-corrected chi connectivity index (χ4v) is 3.11. The highest BCUT2D eigenvalue weighted by atomic mass is 15.2. The molecule has 7 nitrogen and oxygen atoms in total. The zero-order valence-corrected chi connectivity index (χ0v) is 14.2. The van der Waals surface area contributed by atoms with Gasteiger partial charge < -0.3 is 16.0 Å². The number of piperidine rings is 1. The van der Waals surface area contributed by atoms with Gasteiger partial charge in [-0.3, -0.25) is 4.98 Å². The van der Waals surface area contributed by atoms with E-state index in [9.17, 15) is 0 Å². The van der Waals surface area contributed by atoms with Crippen molar-refractivity contribution in [2.24, 2.45) is 0 Å². The van der Waals surface area contributed by atoms with Crippen LogP contribution in [0.4, 0.5) is 11.8 Å². The van der Waals surface area contributed by atoms with Gasteiger partial charge in [-0.2, -0.15) is 9.97 Å². The van der Waals surface area contributed by atoms with E-state index in [1.54, 1.807) is 12.4 Å². The molecule has 0 radical (unpaired) electrons. The van der Waals surface area contributed by atoms with Crippen LogP contribution < -0.4 is 11.1 Å². The standard InChI is InChI=1S/C18H21N7/c1-25-9-6-13(7-10-25)21-18-23-16(19)14-4-5-15(22-17(14)24-18)12-3-2-8-20-11-12/h2-5,8,11,13H,6-7,9-10H2,1H3,(H3,19,21,22,23,24). The third-order valence-electron chi connectivity index (χ3n) is 4.60. The number of fused-ring (bicyclic) bond motifs is 1. The summed E-state index contributed by atoms with van der Waals surface area (Å²) in [5.41, 5.74) is 8.50. The lowest BCUT2D eigenvalue weighted by Gasteiger charge is -2.29. The summed E-state index contributed by atoms with van der Waals surface area (Å²) in [6.45, 7) is 2.15. The Morgan fingerprint density at radius 1 is 1.12 bits per heavy atom. The third kappa shape index (κ3) is 3.36. The van der Waals surface area contributed by atoms with Crippen LogP contribution in [-0.4, -0.2) is 51.0 Å². The monoisotopic (exact) mass is 335 g/mol. The molecule has 7 heteroatoms. The van der Waals surface area contributed by atoms with Gasteiger partial charge in [0.2, 0.25) is 5.95 Å². The third-order valence-corrected chi connectivity index (χ3v) is 4.60. The topological polar surface area (TPSA) is 92.8 Å². The Hall–Kier alpha value is -2.80. The molecule has 3 aromatic heterocycles. The second kappa shape index (κ2) is 6.60. The van der Waals surface area contributed by atoms with E-state index in [0.717, 1.165) is 42.6 Å². The average molecular weight is 335 g/mol. The van der Waals surface area contributed by atoms with Gasteiger partial charge in [0.1, 0.15) is 5.82 Å². The number of likely N-dealkylation sites (tertiary alicyclic amines) is 1. The molecule has 0 aromatic carbocycles. The Kier molecular flexibility index (Phi) is 4.15. The van der Waals surface area contributed by atoms with Crippen LogP contribution in [0, 0.1) is 0 Å². The van der Waals surface area contributed by atoms with Gasteiger partial charge in [0, 0.05) is 24.0 Å². The molecule has 25 heavy (non-hydrogen) atoms. The number of rotatable bonds is 3. The average Bonchev–Trinajstić information content (AvgIpc) is 2.64. The number of hydrogen-bond acceptors (Lipinski definition) is 7. The molecule has 0 saturated carbocycles. The summed E-state index contributed by atoms with van der Waals surface area (Å²) >= 11 is 0. The lowest BCUT2D eigenvalue weighted by Crippen LogP contribution is -2.37. The maximum absolute atomic E-state index is 6.12. The van der Waals surface area contributed by atoms with Crippen molar-refractivity contribution in [1.29, 1.82) is 0 Å². The largest absolute Gasteiger partial charge is 0.383 e. The molecule has 0 amide bonds.